The number of carbonyl (C=O) groups is 1. The number of nitrogens with two attached hydrogens (primary N) is 1. The van der Waals surface area contributed by atoms with Gasteiger partial charge >= 0.3 is 0 Å². The first-order chi connectivity index (χ1) is 13.0. The number of carbonyl (C=O) groups excluding carboxylic acids is 1. The van der Waals surface area contributed by atoms with Crippen molar-refractivity contribution in [2.45, 2.75) is 124 Å². The van der Waals surface area contributed by atoms with Gasteiger partial charge in [0, 0.05) is 12.5 Å². The van der Waals surface area contributed by atoms with Crippen LogP contribution in [0.15, 0.2) is 0 Å². The summed E-state index contributed by atoms with van der Waals surface area (Å²) in [7, 11) is 0. The maximum Gasteiger partial charge on any atom is 0.220 e. The molecule has 1 amide bonds. The molecule has 0 aliphatic rings. The molecule has 2 atom stereocenters. The Morgan fingerprint density at radius 2 is 1.15 bits per heavy atom. The number of aliphatic hydroxyl groups excluding tert-OH is 1. The van der Waals surface area contributed by atoms with Gasteiger partial charge in [0.05, 0.1) is 0 Å². The number of hydrogen-bond donors (Lipinski definition) is 2. The van der Waals surface area contributed by atoms with Gasteiger partial charge in [0.2, 0.25) is 5.91 Å². The van der Waals surface area contributed by atoms with E-state index in [2.05, 4.69) is 20.8 Å². The molecular formula is C24H49NO2. The lowest BCUT2D eigenvalue weighted by Crippen LogP contribution is -2.32. The van der Waals surface area contributed by atoms with E-state index >= 15 is 0 Å². The number of aliphatic hydroxyl groups is 1. The number of amides is 1. The summed E-state index contributed by atoms with van der Waals surface area (Å²) in [6.07, 6.45) is 20.1. The van der Waals surface area contributed by atoms with Crippen LogP contribution in [0.4, 0.5) is 0 Å². The Morgan fingerprint density at radius 1 is 0.741 bits per heavy atom. The lowest BCUT2D eigenvalue weighted by molar-refractivity contribution is -0.124. The van der Waals surface area contributed by atoms with E-state index in [1.807, 2.05) is 0 Å². The maximum absolute atomic E-state index is 11.7. The molecule has 0 spiro atoms. The first kappa shape index (κ1) is 26.4. The van der Waals surface area contributed by atoms with Gasteiger partial charge in [-0.2, -0.15) is 0 Å². The van der Waals surface area contributed by atoms with Gasteiger partial charge in [0.25, 0.3) is 0 Å². The monoisotopic (exact) mass is 383 g/mol. The van der Waals surface area contributed by atoms with Crippen molar-refractivity contribution in [3.63, 3.8) is 0 Å². The lowest BCUT2D eigenvalue weighted by Gasteiger charge is -2.22. The van der Waals surface area contributed by atoms with Gasteiger partial charge in [-0.1, -0.05) is 111 Å². The molecule has 3 nitrogen and oxygen atoms in total. The Bertz CT molecular complexity index is 330. The first-order valence-corrected chi connectivity index (χ1v) is 11.9. The molecule has 0 aromatic rings. The Kier molecular flexibility index (Phi) is 18.4. The molecule has 0 rings (SSSR count). The quantitative estimate of drug-likeness (QED) is 0.232. The van der Waals surface area contributed by atoms with Crippen LogP contribution >= 0.6 is 0 Å². The number of hydrogen-bond acceptors (Lipinski definition) is 2. The molecular weight excluding hydrogens is 334 g/mol. The molecule has 0 aliphatic heterocycles. The van der Waals surface area contributed by atoms with Crippen molar-refractivity contribution in [2.24, 2.45) is 23.5 Å². The van der Waals surface area contributed by atoms with Crippen molar-refractivity contribution in [3.8, 4) is 0 Å². The van der Waals surface area contributed by atoms with Crippen LogP contribution < -0.4 is 5.73 Å². The van der Waals surface area contributed by atoms with E-state index in [9.17, 15) is 9.90 Å². The second kappa shape index (κ2) is 18.8. The molecule has 0 saturated heterocycles. The van der Waals surface area contributed by atoms with Gasteiger partial charge in [0.15, 0.2) is 0 Å². The van der Waals surface area contributed by atoms with E-state index in [0.29, 0.717) is 0 Å². The van der Waals surface area contributed by atoms with E-state index in [4.69, 9.17) is 5.73 Å². The summed E-state index contributed by atoms with van der Waals surface area (Å²) in [6, 6.07) is 0. The summed E-state index contributed by atoms with van der Waals surface area (Å²) in [5.74, 6) is 0.541. The Labute approximate surface area is 169 Å². The van der Waals surface area contributed by atoms with Crippen LogP contribution in [0.5, 0.6) is 0 Å². The van der Waals surface area contributed by atoms with Crippen LogP contribution in [-0.4, -0.2) is 17.6 Å². The minimum absolute atomic E-state index is 0.0536. The average molecular weight is 384 g/mol. The van der Waals surface area contributed by atoms with Crippen LogP contribution in [0.3, 0.4) is 0 Å². The standard InChI is InChI=1S/C24H49NO2/c1-4-17-22(20-26)23(24(25)27)19-16-14-12-10-8-6-5-7-9-11-13-15-18-21(2)3/h21-23,26H,4-20H2,1-3H3,(H2,25,27). The normalized spacial score (nSPS) is 13.8. The second-order valence-electron chi connectivity index (χ2n) is 8.95. The molecule has 0 fully saturated rings. The topological polar surface area (TPSA) is 63.3 Å². The highest BCUT2D eigenvalue weighted by atomic mass is 16.3. The lowest BCUT2D eigenvalue weighted by atomic mass is 9.84. The molecule has 162 valence electrons. The summed E-state index contributed by atoms with van der Waals surface area (Å²) in [5.41, 5.74) is 5.55. The van der Waals surface area contributed by atoms with E-state index < -0.39 is 0 Å². The minimum Gasteiger partial charge on any atom is -0.396 e. The van der Waals surface area contributed by atoms with E-state index in [-0.39, 0.29) is 24.3 Å². The third kappa shape index (κ3) is 16.1. The fourth-order valence-electron chi connectivity index (χ4n) is 4.09. The maximum atomic E-state index is 11.7. The number of rotatable bonds is 20. The summed E-state index contributed by atoms with van der Waals surface area (Å²) >= 11 is 0. The molecule has 0 aromatic heterocycles. The highest BCUT2D eigenvalue weighted by Gasteiger charge is 2.24. The van der Waals surface area contributed by atoms with Crippen LogP contribution in [0.2, 0.25) is 0 Å². The van der Waals surface area contributed by atoms with E-state index in [1.54, 1.807) is 0 Å². The van der Waals surface area contributed by atoms with E-state index in [0.717, 1.165) is 31.6 Å². The van der Waals surface area contributed by atoms with Gasteiger partial charge in [-0.25, -0.2) is 0 Å². The zero-order valence-corrected chi connectivity index (χ0v) is 18.7. The first-order valence-electron chi connectivity index (χ1n) is 11.9. The zero-order valence-electron chi connectivity index (χ0n) is 18.7. The predicted molar refractivity (Wildman–Crippen MR) is 118 cm³/mol. The van der Waals surface area contributed by atoms with Gasteiger partial charge in [-0.3, -0.25) is 4.79 Å². The Hall–Kier alpha value is -0.570. The Balaban J connectivity index is 3.49. The van der Waals surface area contributed by atoms with Crippen LogP contribution in [0.25, 0.3) is 0 Å². The van der Waals surface area contributed by atoms with Crippen molar-refractivity contribution < 1.29 is 9.90 Å². The van der Waals surface area contributed by atoms with Crippen LogP contribution in [-0.2, 0) is 4.79 Å². The van der Waals surface area contributed by atoms with Crippen LogP contribution in [0, 0.1) is 17.8 Å². The second-order valence-corrected chi connectivity index (χ2v) is 8.95. The largest absolute Gasteiger partial charge is 0.396 e. The fourth-order valence-corrected chi connectivity index (χ4v) is 4.09. The molecule has 0 heterocycles. The van der Waals surface area contributed by atoms with Crippen LogP contribution in [0.1, 0.15) is 124 Å². The van der Waals surface area contributed by atoms with Gasteiger partial charge < -0.3 is 10.8 Å². The molecule has 0 saturated carbocycles. The molecule has 0 bridgehead atoms. The molecule has 3 N–H and O–H groups in total. The number of primary amides is 1. The van der Waals surface area contributed by atoms with E-state index in [1.165, 1.54) is 77.0 Å². The smallest absolute Gasteiger partial charge is 0.220 e. The highest BCUT2D eigenvalue weighted by molar-refractivity contribution is 5.76. The van der Waals surface area contributed by atoms with Crippen molar-refractivity contribution in [3.05, 3.63) is 0 Å². The molecule has 3 heteroatoms. The third-order valence-electron chi connectivity index (χ3n) is 5.88. The molecule has 27 heavy (non-hydrogen) atoms. The van der Waals surface area contributed by atoms with Crippen molar-refractivity contribution in [2.75, 3.05) is 6.61 Å². The van der Waals surface area contributed by atoms with Crippen molar-refractivity contribution in [1.29, 1.82) is 0 Å². The Morgan fingerprint density at radius 3 is 1.48 bits per heavy atom. The fraction of sp³-hybridized carbons (Fsp3) is 0.958. The average Bonchev–Trinajstić information content (AvgIpc) is 2.63. The predicted octanol–water partition coefficient (Wildman–Crippen LogP) is 6.61. The number of unbranched alkanes of at least 4 members (excludes halogenated alkanes) is 11. The summed E-state index contributed by atoms with van der Waals surface area (Å²) < 4.78 is 0. The summed E-state index contributed by atoms with van der Waals surface area (Å²) in [4.78, 5) is 11.7. The third-order valence-corrected chi connectivity index (χ3v) is 5.88. The van der Waals surface area contributed by atoms with Gasteiger partial charge in [-0.15, -0.1) is 0 Å². The molecule has 0 aliphatic carbocycles. The van der Waals surface area contributed by atoms with Gasteiger partial charge in [-0.05, 0) is 24.7 Å². The summed E-state index contributed by atoms with van der Waals surface area (Å²) in [5, 5.41) is 9.49. The van der Waals surface area contributed by atoms with Gasteiger partial charge in [0.1, 0.15) is 0 Å². The molecule has 2 unspecified atom stereocenters. The van der Waals surface area contributed by atoms with Crippen molar-refractivity contribution in [1.82, 2.24) is 0 Å². The SMILES string of the molecule is CCCC(CO)C(CCCCCCCCCCCCCCC(C)C)C(N)=O. The molecule has 0 radical (unpaired) electrons. The van der Waals surface area contributed by atoms with Crippen molar-refractivity contribution >= 4 is 5.91 Å². The minimum atomic E-state index is -0.230. The summed E-state index contributed by atoms with van der Waals surface area (Å²) in [6.45, 7) is 6.80. The molecule has 0 aromatic carbocycles. The highest BCUT2D eigenvalue weighted by Crippen LogP contribution is 2.23. The zero-order chi connectivity index (χ0) is 20.3.